The molecule has 2 rings (SSSR count). The van der Waals surface area contributed by atoms with E-state index in [2.05, 4.69) is 0 Å². The summed E-state index contributed by atoms with van der Waals surface area (Å²) in [5.41, 5.74) is 1.37. The van der Waals surface area contributed by atoms with Crippen LogP contribution >= 0.6 is 0 Å². The van der Waals surface area contributed by atoms with Gasteiger partial charge in [-0.05, 0) is 37.6 Å². The monoisotopic (exact) mass is 347 g/mol. The van der Waals surface area contributed by atoms with E-state index >= 15 is 0 Å². The molecule has 0 aromatic heterocycles. The number of carbonyl (C=O) groups excluding carboxylic acids is 1. The molecule has 0 N–H and O–H groups in total. The molecule has 5 nitrogen and oxygen atoms in total. The van der Waals surface area contributed by atoms with Gasteiger partial charge in [0.25, 0.3) is 0 Å². The number of carbonyl (C=O) groups is 1. The molecule has 6 heteroatoms. The highest BCUT2D eigenvalue weighted by Crippen LogP contribution is 2.17. The van der Waals surface area contributed by atoms with Crippen LogP contribution in [0.1, 0.15) is 29.3 Å². The van der Waals surface area contributed by atoms with Crippen molar-refractivity contribution >= 4 is 16.0 Å². The fourth-order valence-electron chi connectivity index (χ4n) is 2.15. The van der Waals surface area contributed by atoms with Gasteiger partial charge in [0.2, 0.25) is 10.0 Å². The zero-order valence-corrected chi connectivity index (χ0v) is 14.6. The van der Waals surface area contributed by atoms with E-state index in [1.807, 2.05) is 13.8 Å². The lowest BCUT2D eigenvalue weighted by atomic mass is 10.2. The summed E-state index contributed by atoms with van der Waals surface area (Å²) in [6.07, 6.45) is 0.619. The fraction of sp³-hybridized carbons (Fsp3) is 0.278. The Kier molecular flexibility index (Phi) is 6.11. The van der Waals surface area contributed by atoms with Gasteiger partial charge in [-0.3, -0.25) is 0 Å². The van der Waals surface area contributed by atoms with Crippen LogP contribution in [0.4, 0.5) is 0 Å². The van der Waals surface area contributed by atoms with Gasteiger partial charge in [0.05, 0.1) is 10.5 Å². The lowest BCUT2D eigenvalue weighted by Crippen LogP contribution is -2.35. The van der Waals surface area contributed by atoms with Crippen LogP contribution in [0.5, 0.6) is 0 Å². The Morgan fingerprint density at radius 1 is 1.04 bits per heavy atom. The first kappa shape index (κ1) is 18.2. The molecule has 0 aliphatic heterocycles. The van der Waals surface area contributed by atoms with Gasteiger partial charge in [0.1, 0.15) is 0 Å². The third-order valence-corrected chi connectivity index (χ3v) is 5.32. The highest BCUT2D eigenvalue weighted by atomic mass is 32.2. The predicted octanol–water partition coefficient (Wildman–Crippen LogP) is 3.21. The maximum Gasteiger partial charge on any atom is 0.339 e. The summed E-state index contributed by atoms with van der Waals surface area (Å²) in [7, 11) is -3.70. The topological polar surface area (TPSA) is 63.7 Å². The number of esters is 1. The van der Waals surface area contributed by atoms with Crippen molar-refractivity contribution in [1.82, 2.24) is 4.31 Å². The Hall–Kier alpha value is -2.18. The Morgan fingerprint density at radius 2 is 1.67 bits per heavy atom. The van der Waals surface area contributed by atoms with E-state index in [4.69, 9.17) is 4.74 Å². The average Bonchev–Trinajstić information content (AvgIpc) is 2.59. The second-order valence-corrected chi connectivity index (χ2v) is 7.36. The lowest BCUT2D eigenvalue weighted by molar-refractivity contribution is 0.0368. The molecule has 0 unspecified atom stereocenters. The number of aryl methyl sites for hydroxylation is 1. The minimum atomic E-state index is -3.70. The maximum absolute atomic E-state index is 12.7. The summed E-state index contributed by atoms with van der Waals surface area (Å²) in [5, 5.41) is 0. The summed E-state index contributed by atoms with van der Waals surface area (Å²) in [5.74, 6) is -0.546. The smallest absolute Gasteiger partial charge is 0.339 e. The Labute approximate surface area is 142 Å². The molecular formula is C18H21NO4S. The van der Waals surface area contributed by atoms with Crippen LogP contribution in [-0.4, -0.2) is 32.0 Å². The maximum atomic E-state index is 12.7. The van der Waals surface area contributed by atoms with Crippen LogP contribution in [0.15, 0.2) is 59.5 Å². The van der Waals surface area contributed by atoms with Crippen molar-refractivity contribution in [2.75, 3.05) is 13.3 Å². The average molecular weight is 347 g/mol. The molecular weight excluding hydrogens is 326 g/mol. The van der Waals surface area contributed by atoms with Crippen molar-refractivity contribution < 1.29 is 17.9 Å². The van der Waals surface area contributed by atoms with Crippen molar-refractivity contribution in [2.24, 2.45) is 0 Å². The first-order chi connectivity index (χ1) is 11.4. The lowest BCUT2D eigenvalue weighted by Gasteiger charge is -2.21. The Bertz CT molecular complexity index is 770. The molecule has 0 fully saturated rings. The van der Waals surface area contributed by atoms with E-state index in [-0.39, 0.29) is 18.2 Å². The molecule has 0 aliphatic carbocycles. The molecule has 0 saturated carbocycles. The summed E-state index contributed by atoms with van der Waals surface area (Å²) < 4.78 is 31.8. The van der Waals surface area contributed by atoms with Crippen molar-refractivity contribution in [2.45, 2.75) is 25.2 Å². The quantitative estimate of drug-likeness (QED) is 0.570. The van der Waals surface area contributed by atoms with Crippen LogP contribution in [0.2, 0.25) is 0 Å². The molecule has 0 radical (unpaired) electrons. The van der Waals surface area contributed by atoms with Crippen molar-refractivity contribution in [3.63, 3.8) is 0 Å². The Balaban J connectivity index is 2.13. The number of hydrogen-bond acceptors (Lipinski definition) is 4. The van der Waals surface area contributed by atoms with Crippen molar-refractivity contribution in [3.05, 3.63) is 65.7 Å². The number of sulfonamides is 1. The number of benzene rings is 2. The standard InChI is InChI=1S/C18H21NO4S/c1-3-13-19(14-23-18(20)16-7-5-4-6-8-16)24(21,22)17-11-9-15(2)10-12-17/h4-12H,3,13-14H2,1-2H3. The minimum Gasteiger partial charge on any atom is -0.445 e. The van der Waals surface area contributed by atoms with E-state index in [0.717, 1.165) is 5.56 Å². The van der Waals surface area contributed by atoms with E-state index < -0.39 is 16.0 Å². The van der Waals surface area contributed by atoms with Crippen LogP contribution in [-0.2, 0) is 14.8 Å². The van der Waals surface area contributed by atoms with Gasteiger partial charge in [0.15, 0.2) is 6.73 Å². The molecule has 2 aromatic rings. The van der Waals surface area contributed by atoms with Gasteiger partial charge in [-0.15, -0.1) is 0 Å². The first-order valence-electron chi connectivity index (χ1n) is 7.74. The number of nitrogens with zero attached hydrogens (tertiary/aromatic N) is 1. The van der Waals surface area contributed by atoms with Crippen LogP contribution in [0.25, 0.3) is 0 Å². The van der Waals surface area contributed by atoms with Gasteiger partial charge in [-0.1, -0.05) is 42.8 Å². The van der Waals surface area contributed by atoms with Gasteiger partial charge in [-0.25, -0.2) is 13.2 Å². The number of rotatable bonds is 7. The zero-order valence-electron chi connectivity index (χ0n) is 13.8. The molecule has 24 heavy (non-hydrogen) atoms. The summed E-state index contributed by atoms with van der Waals surface area (Å²) in [4.78, 5) is 12.2. The molecule has 0 saturated heterocycles. The second-order valence-electron chi connectivity index (χ2n) is 5.42. The van der Waals surface area contributed by atoms with Crippen molar-refractivity contribution in [1.29, 1.82) is 0 Å². The second kappa shape index (κ2) is 8.08. The summed E-state index contributed by atoms with van der Waals surface area (Å²) >= 11 is 0. The van der Waals surface area contributed by atoms with E-state index in [1.165, 1.54) is 4.31 Å². The molecule has 0 heterocycles. The van der Waals surface area contributed by atoms with E-state index in [1.54, 1.807) is 54.6 Å². The number of hydrogen-bond donors (Lipinski definition) is 0. The minimum absolute atomic E-state index is 0.192. The van der Waals surface area contributed by atoms with Gasteiger partial charge >= 0.3 is 5.97 Å². The van der Waals surface area contributed by atoms with Gasteiger partial charge < -0.3 is 4.74 Å². The van der Waals surface area contributed by atoms with E-state index in [0.29, 0.717) is 12.0 Å². The summed E-state index contributed by atoms with van der Waals surface area (Å²) in [6, 6.07) is 15.1. The molecule has 0 bridgehead atoms. The van der Waals surface area contributed by atoms with Crippen LogP contribution < -0.4 is 0 Å². The number of ether oxygens (including phenoxy) is 1. The van der Waals surface area contributed by atoms with Crippen LogP contribution in [0, 0.1) is 6.92 Å². The third-order valence-electron chi connectivity index (χ3n) is 3.48. The molecule has 128 valence electrons. The highest BCUT2D eigenvalue weighted by molar-refractivity contribution is 7.89. The predicted molar refractivity (Wildman–Crippen MR) is 92.1 cm³/mol. The van der Waals surface area contributed by atoms with Gasteiger partial charge in [-0.2, -0.15) is 4.31 Å². The van der Waals surface area contributed by atoms with Gasteiger partial charge in [0, 0.05) is 6.54 Å². The molecule has 0 amide bonds. The zero-order chi connectivity index (χ0) is 17.6. The normalized spacial score (nSPS) is 11.5. The van der Waals surface area contributed by atoms with E-state index in [9.17, 15) is 13.2 Å². The highest BCUT2D eigenvalue weighted by Gasteiger charge is 2.25. The SMILES string of the molecule is CCCN(COC(=O)c1ccccc1)S(=O)(=O)c1ccc(C)cc1. The molecule has 0 atom stereocenters. The van der Waals surface area contributed by atoms with Crippen LogP contribution in [0.3, 0.4) is 0 Å². The third kappa shape index (κ3) is 4.43. The largest absolute Gasteiger partial charge is 0.445 e. The Morgan fingerprint density at radius 3 is 2.25 bits per heavy atom. The molecule has 0 spiro atoms. The first-order valence-corrected chi connectivity index (χ1v) is 9.18. The van der Waals surface area contributed by atoms with Crippen molar-refractivity contribution in [3.8, 4) is 0 Å². The summed E-state index contributed by atoms with van der Waals surface area (Å²) in [6.45, 7) is 3.73. The fourth-order valence-corrected chi connectivity index (χ4v) is 3.54. The molecule has 2 aromatic carbocycles. The molecule has 0 aliphatic rings.